The third-order valence-corrected chi connectivity index (χ3v) is 5.36. The van der Waals surface area contributed by atoms with E-state index in [1.807, 2.05) is 18.2 Å². The summed E-state index contributed by atoms with van der Waals surface area (Å²) >= 11 is 14.3. The van der Waals surface area contributed by atoms with Gasteiger partial charge in [-0.1, -0.05) is 44.5 Å². The molecule has 19 heavy (non-hydrogen) atoms. The fourth-order valence-corrected chi connectivity index (χ4v) is 3.54. The maximum atomic E-state index is 6.52. The molecule has 0 aliphatic rings. The first kappa shape index (κ1) is 14.9. The molecular weight excluding hydrogens is 295 g/mol. The lowest BCUT2D eigenvalue weighted by atomic mass is 9.95. The van der Waals surface area contributed by atoms with Crippen LogP contribution in [-0.2, 0) is 11.8 Å². The van der Waals surface area contributed by atoms with E-state index in [4.69, 9.17) is 23.2 Å². The van der Waals surface area contributed by atoms with E-state index >= 15 is 0 Å². The van der Waals surface area contributed by atoms with Crippen molar-refractivity contribution in [3.05, 3.63) is 56.7 Å². The minimum Gasteiger partial charge on any atom is -0.143 e. The third-order valence-electron chi connectivity index (χ3n) is 2.98. The summed E-state index contributed by atoms with van der Waals surface area (Å²) in [6.45, 7) is 6.68. The zero-order chi connectivity index (χ0) is 14.0. The molecule has 102 valence electrons. The molecule has 1 aromatic heterocycles. The molecule has 0 radical (unpaired) electrons. The molecule has 3 heteroatoms. The highest BCUT2D eigenvalue weighted by atomic mass is 35.5. The average Bonchev–Trinajstić information content (AvgIpc) is 2.77. The quantitative estimate of drug-likeness (QED) is 0.590. The number of alkyl halides is 1. The highest BCUT2D eigenvalue weighted by Gasteiger charge is 2.19. The molecule has 1 unspecified atom stereocenters. The van der Waals surface area contributed by atoms with Crippen molar-refractivity contribution in [2.24, 2.45) is 0 Å². The van der Waals surface area contributed by atoms with Gasteiger partial charge in [-0.05, 0) is 41.7 Å². The summed E-state index contributed by atoms with van der Waals surface area (Å²) in [6, 6.07) is 12.2. The van der Waals surface area contributed by atoms with E-state index < -0.39 is 0 Å². The second-order valence-corrected chi connectivity index (χ2v) is 7.83. The van der Waals surface area contributed by atoms with Crippen molar-refractivity contribution >= 4 is 34.5 Å². The third kappa shape index (κ3) is 3.98. The van der Waals surface area contributed by atoms with Crippen LogP contribution in [0.1, 0.15) is 41.5 Å². The van der Waals surface area contributed by atoms with Crippen LogP contribution in [0, 0.1) is 0 Å². The molecular formula is C16H18Cl2S. The lowest BCUT2D eigenvalue weighted by molar-refractivity contribution is 0.604. The molecule has 1 atom stereocenters. The van der Waals surface area contributed by atoms with Gasteiger partial charge in [0.2, 0.25) is 0 Å². The Kier molecular flexibility index (Phi) is 4.60. The topological polar surface area (TPSA) is 0 Å². The Hall–Kier alpha value is -0.500. The lowest BCUT2D eigenvalue weighted by Crippen LogP contribution is -2.07. The van der Waals surface area contributed by atoms with Crippen molar-refractivity contribution in [1.82, 2.24) is 0 Å². The summed E-state index contributed by atoms with van der Waals surface area (Å²) in [4.78, 5) is 2.60. The van der Waals surface area contributed by atoms with Crippen molar-refractivity contribution in [2.75, 3.05) is 0 Å². The number of benzene rings is 1. The first-order valence-electron chi connectivity index (χ1n) is 6.35. The molecule has 0 aliphatic carbocycles. The molecule has 0 saturated carbocycles. The second-order valence-electron chi connectivity index (χ2n) is 5.75. The number of hydrogen-bond acceptors (Lipinski definition) is 1. The Morgan fingerprint density at radius 1 is 1.16 bits per heavy atom. The predicted octanol–water partition coefficient (Wildman–Crippen LogP) is 6.22. The van der Waals surface area contributed by atoms with Crippen molar-refractivity contribution in [3.8, 4) is 0 Å². The van der Waals surface area contributed by atoms with Gasteiger partial charge >= 0.3 is 0 Å². The molecule has 1 aromatic carbocycles. The molecule has 0 spiro atoms. The van der Waals surface area contributed by atoms with Crippen LogP contribution in [-0.4, -0.2) is 0 Å². The SMILES string of the molecule is CC(C)(C)c1ccc(C(Cl)Cc2cccc(Cl)c2)s1. The van der Waals surface area contributed by atoms with E-state index in [0.717, 1.165) is 11.4 Å². The fraction of sp³-hybridized carbons (Fsp3) is 0.375. The molecule has 0 N–H and O–H groups in total. The molecule has 0 amide bonds. The normalized spacial score (nSPS) is 13.5. The maximum absolute atomic E-state index is 6.52. The van der Waals surface area contributed by atoms with Gasteiger partial charge in [-0.15, -0.1) is 22.9 Å². The van der Waals surface area contributed by atoms with Gasteiger partial charge in [0.15, 0.2) is 0 Å². The van der Waals surface area contributed by atoms with Crippen LogP contribution >= 0.6 is 34.5 Å². The van der Waals surface area contributed by atoms with Crippen molar-refractivity contribution in [1.29, 1.82) is 0 Å². The molecule has 0 nitrogen and oxygen atoms in total. The van der Waals surface area contributed by atoms with E-state index in [-0.39, 0.29) is 10.8 Å². The fourth-order valence-electron chi connectivity index (χ4n) is 1.90. The monoisotopic (exact) mass is 312 g/mol. The lowest BCUT2D eigenvalue weighted by Gasteiger charge is -2.15. The summed E-state index contributed by atoms with van der Waals surface area (Å²) in [7, 11) is 0. The van der Waals surface area contributed by atoms with Gasteiger partial charge < -0.3 is 0 Å². The Morgan fingerprint density at radius 2 is 1.89 bits per heavy atom. The Balaban J connectivity index is 2.12. The van der Waals surface area contributed by atoms with Gasteiger partial charge in [0.25, 0.3) is 0 Å². The first-order valence-corrected chi connectivity index (χ1v) is 7.98. The minimum absolute atomic E-state index is 0.0135. The van der Waals surface area contributed by atoms with Gasteiger partial charge in [-0.3, -0.25) is 0 Å². The molecule has 2 aromatic rings. The molecule has 0 bridgehead atoms. The minimum atomic E-state index is 0.0135. The molecule has 1 heterocycles. The van der Waals surface area contributed by atoms with Gasteiger partial charge in [0.05, 0.1) is 5.38 Å². The second kappa shape index (κ2) is 5.87. The number of halogens is 2. The predicted molar refractivity (Wildman–Crippen MR) is 86.8 cm³/mol. The molecule has 0 fully saturated rings. The van der Waals surface area contributed by atoms with Crippen LogP contribution in [0.2, 0.25) is 5.02 Å². The van der Waals surface area contributed by atoms with E-state index in [0.29, 0.717) is 0 Å². The molecule has 2 rings (SSSR count). The van der Waals surface area contributed by atoms with Gasteiger partial charge in [-0.25, -0.2) is 0 Å². The standard InChI is InChI=1S/C16H18Cl2S/c1-16(2,3)15-8-7-14(19-15)13(18)10-11-5-4-6-12(17)9-11/h4-9,13H,10H2,1-3H3. The smallest absolute Gasteiger partial charge is 0.0718 e. The Labute approximate surface area is 129 Å². The highest BCUT2D eigenvalue weighted by Crippen LogP contribution is 2.36. The van der Waals surface area contributed by atoms with Crippen molar-refractivity contribution in [2.45, 2.75) is 38.0 Å². The van der Waals surface area contributed by atoms with E-state index in [1.165, 1.54) is 15.3 Å². The first-order chi connectivity index (χ1) is 8.86. The van der Waals surface area contributed by atoms with Crippen molar-refractivity contribution in [3.63, 3.8) is 0 Å². The largest absolute Gasteiger partial charge is 0.143 e. The number of hydrogen-bond donors (Lipinski definition) is 0. The van der Waals surface area contributed by atoms with Gasteiger partial charge in [0.1, 0.15) is 0 Å². The van der Waals surface area contributed by atoms with Crippen LogP contribution in [0.25, 0.3) is 0 Å². The Morgan fingerprint density at radius 3 is 2.47 bits per heavy atom. The van der Waals surface area contributed by atoms with Crippen LogP contribution in [0.4, 0.5) is 0 Å². The average molecular weight is 313 g/mol. The number of rotatable bonds is 3. The van der Waals surface area contributed by atoms with Crippen LogP contribution < -0.4 is 0 Å². The van der Waals surface area contributed by atoms with Gasteiger partial charge in [0, 0.05) is 14.8 Å². The van der Waals surface area contributed by atoms with E-state index in [9.17, 15) is 0 Å². The summed E-state index contributed by atoms with van der Waals surface area (Å²) < 4.78 is 0. The Bertz CT molecular complexity index is 552. The summed E-state index contributed by atoms with van der Waals surface area (Å²) in [6.07, 6.45) is 0.812. The van der Waals surface area contributed by atoms with E-state index in [2.05, 4.69) is 39.0 Å². The highest BCUT2D eigenvalue weighted by molar-refractivity contribution is 7.12. The van der Waals surface area contributed by atoms with Crippen LogP contribution in [0.3, 0.4) is 0 Å². The molecule has 0 saturated heterocycles. The summed E-state index contributed by atoms with van der Waals surface area (Å²) in [5.41, 5.74) is 1.37. The zero-order valence-corrected chi connectivity index (χ0v) is 13.7. The summed E-state index contributed by atoms with van der Waals surface area (Å²) in [5, 5.41) is 0.780. The maximum Gasteiger partial charge on any atom is 0.0718 e. The van der Waals surface area contributed by atoms with E-state index in [1.54, 1.807) is 11.3 Å². The van der Waals surface area contributed by atoms with Crippen molar-refractivity contribution < 1.29 is 0 Å². The molecule has 0 aliphatic heterocycles. The zero-order valence-electron chi connectivity index (χ0n) is 11.4. The van der Waals surface area contributed by atoms with Gasteiger partial charge in [-0.2, -0.15) is 0 Å². The number of thiophene rings is 1. The summed E-state index contributed by atoms with van der Waals surface area (Å²) in [5.74, 6) is 0. The van der Waals surface area contributed by atoms with Crippen LogP contribution in [0.5, 0.6) is 0 Å². The van der Waals surface area contributed by atoms with Crippen LogP contribution in [0.15, 0.2) is 36.4 Å².